The van der Waals surface area contributed by atoms with Crippen LogP contribution >= 0.6 is 31.9 Å². The van der Waals surface area contributed by atoms with E-state index in [1.54, 1.807) is 14.2 Å². The Balaban J connectivity index is 1.94. The minimum Gasteiger partial charge on any atom is -0.496 e. The van der Waals surface area contributed by atoms with E-state index in [9.17, 15) is 0 Å². The molecule has 148 valence electrons. The number of methoxy groups -OCH3 is 2. The van der Waals surface area contributed by atoms with Gasteiger partial charge in [0.2, 0.25) is 0 Å². The predicted octanol–water partition coefficient (Wildman–Crippen LogP) is 7.39. The number of fused-ring (bicyclic) bond motifs is 2. The van der Waals surface area contributed by atoms with Crippen LogP contribution in [0.15, 0.2) is 60.7 Å². The van der Waals surface area contributed by atoms with Gasteiger partial charge in [-0.1, -0.05) is 80.4 Å². The van der Waals surface area contributed by atoms with Gasteiger partial charge in [-0.15, -0.1) is 0 Å². The van der Waals surface area contributed by atoms with Crippen molar-refractivity contribution in [1.82, 2.24) is 0 Å². The fourth-order valence-electron chi connectivity index (χ4n) is 4.18. The summed E-state index contributed by atoms with van der Waals surface area (Å²) in [5.74, 6) is 1.88. The molecule has 29 heavy (non-hydrogen) atoms. The van der Waals surface area contributed by atoms with E-state index in [1.807, 2.05) is 0 Å². The predicted molar refractivity (Wildman–Crippen MR) is 129 cm³/mol. The summed E-state index contributed by atoms with van der Waals surface area (Å²) in [7, 11) is 3.50. The number of alkyl halides is 2. The van der Waals surface area contributed by atoms with Crippen molar-refractivity contribution in [3.05, 3.63) is 82.9 Å². The summed E-state index contributed by atoms with van der Waals surface area (Å²) in [6.07, 6.45) is 0.738. The maximum atomic E-state index is 5.89. The highest BCUT2D eigenvalue weighted by Gasteiger charge is 2.18. The van der Waals surface area contributed by atoms with Gasteiger partial charge >= 0.3 is 0 Å². The average Bonchev–Trinajstić information content (AvgIpc) is 2.77. The van der Waals surface area contributed by atoms with Gasteiger partial charge in [0, 0.05) is 28.2 Å². The van der Waals surface area contributed by atoms with Crippen LogP contribution in [0.1, 0.15) is 22.3 Å². The Morgan fingerprint density at radius 1 is 0.655 bits per heavy atom. The largest absolute Gasteiger partial charge is 0.496 e. The smallest absolute Gasteiger partial charge is 0.127 e. The zero-order chi connectivity index (χ0) is 20.4. The molecule has 0 aliphatic carbocycles. The second-order valence-corrected chi connectivity index (χ2v) is 8.10. The SMILES string of the molecule is COc1c(Cc2cc3ccccc3c(CBr)c2OC)cc2ccccc2c1CBr. The number of halogens is 2. The summed E-state index contributed by atoms with van der Waals surface area (Å²) in [5, 5.41) is 6.36. The van der Waals surface area contributed by atoms with Crippen molar-refractivity contribution >= 4 is 53.4 Å². The second-order valence-electron chi connectivity index (χ2n) is 6.98. The average molecular weight is 514 g/mol. The maximum absolute atomic E-state index is 5.89. The van der Waals surface area contributed by atoms with Crippen LogP contribution in [0.2, 0.25) is 0 Å². The van der Waals surface area contributed by atoms with Gasteiger partial charge in [-0.05, 0) is 44.8 Å². The molecule has 0 spiro atoms. The van der Waals surface area contributed by atoms with Crippen LogP contribution in [-0.2, 0) is 17.1 Å². The minimum atomic E-state index is 0.738. The van der Waals surface area contributed by atoms with Crippen molar-refractivity contribution in [2.45, 2.75) is 17.1 Å². The third kappa shape index (κ3) is 3.64. The molecule has 0 saturated carbocycles. The van der Waals surface area contributed by atoms with E-state index in [0.29, 0.717) is 0 Å². The molecular weight excluding hydrogens is 492 g/mol. The number of hydrogen-bond acceptors (Lipinski definition) is 2. The van der Waals surface area contributed by atoms with Crippen LogP contribution in [0.25, 0.3) is 21.5 Å². The topological polar surface area (TPSA) is 18.5 Å². The first-order chi connectivity index (χ1) is 14.2. The Morgan fingerprint density at radius 2 is 1.07 bits per heavy atom. The normalized spacial score (nSPS) is 11.2. The van der Waals surface area contributed by atoms with Crippen LogP contribution in [0, 0.1) is 0 Å². The molecule has 0 saturated heterocycles. The van der Waals surface area contributed by atoms with Crippen molar-refractivity contribution in [1.29, 1.82) is 0 Å². The monoisotopic (exact) mass is 512 g/mol. The van der Waals surface area contributed by atoms with Gasteiger partial charge < -0.3 is 9.47 Å². The summed E-state index contributed by atoms with van der Waals surface area (Å²) < 4.78 is 11.8. The minimum absolute atomic E-state index is 0.738. The summed E-state index contributed by atoms with van der Waals surface area (Å²) in [5.41, 5.74) is 4.69. The van der Waals surface area contributed by atoms with E-state index in [2.05, 4.69) is 92.5 Å². The lowest BCUT2D eigenvalue weighted by Crippen LogP contribution is -2.02. The molecule has 2 nitrogen and oxygen atoms in total. The Kier molecular flexibility index (Phi) is 6.12. The number of rotatable bonds is 6. The molecule has 0 heterocycles. The fourth-order valence-corrected chi connectivity index (χ4v) is 5.29. The van der Waals surface area contributed by atoms with E-state index in [1.165, 1.54) is 32.7 Å². The van der Waals surface area contributed by atoms with Gasteiger partial charge in [0.05, 0.1) is 14.2 Å². The molecule has 0 bridgehead atoms. The number of benzene rings is 4. The number of ether oxygens (including phenoxy) is 2. The summed E-state index contributed by atoms with van der Waals surface area (Å²) in [6, 6.07) is 21.4. The molecule has 4 rings (SSSR count). The van der Waals surface area contributed by atoms with Gasteiger partial charge in [-0.2, -0.15) is 0 Å². The van der Waals surface area contributed by atoms with Gasteiger partial charge in [-0.25, -0.2) is 0 Å². The lowest BCUT2D eigenvalue weighted by atomic mass is 9.93. The Morgan fingerprint density at radius 3 is 1.45 bits per heavy atom. The molecule has 0 amide bonds. The van der Waals surface area contributed by atoms with Crippen LogP contribution < -0.4 is 9.47 Å². The van der Waals surface area contributed by atoms with E-state index in [4.69, 9.17) is 9.47 Å². The third-order valence-corrected chi connectivity index (χ3v) is 6.54. The molecule has 0 fully saturated rings. The molecule has 4 aromatic carbocycles. The molecular formula is C25H22Br2O2. The van der Waals surface area contributed by atoms with Crippen LogP contribution in [-0.4, -0.2) is 14.2 Å². The van der Waals surface area contributed by atoms with E-state index >= 15 is 0 Å². The van der Waals surface area contributed by atoms with Gasteiger partial charge in [0.25, 0.3) is 0 Å². The molecule has 0 aliphatic heterocycles. The first-order valence-corrected chi connectivity index (χ1v) is 11.7. The Labute approximate surface area is 188 Å². The summed E-state index contributed by atoms with van der Waals surface area (Å²) in [6.45, 7) is 0. The standard InChI is InChI=1S/C25H22Br2O2/c1-28-24-18(11-16-7-3-5-9-20(16)22(24)14-26)13-19-12-17-8-4-6-10-21(17)23(15-27)25(19)29-2/h3-12H,13-15H2,1-2H3. The first-order valence-electron chi connectivity index (χ1n) is 9.48. The summed E-state index contributed by atoms with van der Waals surface area (Å²) >= 11 is 7.32. The zero-order valence-corrected chi connectivity index (χ0v) is 19.6. The number of hydrogen-bond donors (Lipinski definition) is 0. The Hall–Kier alpha value is -2.04. The van der Waals surface area contributed by atoms with Crippen molar-refractivity contribution < 1.29 is 9.47 Å². The van der Waals surface area contributed by atoms with Crippen molar-refractivity contribution in [3.63, 3.8) is 0 Å². The third-order valence-electron chi connectivity index (χ3n) is 5.42. The van der Waals surface area contributed by atoms with Crippen LogP contribution in [0.4, 0.5) is 0 Å². The van der Waals surface area contributed by atoms with Gasteiger partial charge in [0.1, 0.15) is 11.5 Å². The van der Waals surface area contributed by atoms with Gasteiger partial charge in [-0.3, -0.25) is 0 Å². The molecule has 4 aromatic rings. The first kappa shape index (κ1) is 20.2. The van der Waals surface area contributed by atoms with E-state index in [-0.39, 0.29) is 0 Å². The van der Waals surface area contributed by atoms with E-state index in [0.717, 1.165) is 39.7 Å². The van der Waals surface area contributed by atoms with E-state index < -0.39 is 0 Å². The van der Waals surface area contributed by atoms with Gasteiger partial charge in [0.15, 0.2) is 0 Å². The Bertz CT molecular complexity index is 1090. The molecule has 0 radical (unpaired) electrons. The molecule has 4 heteroatoms. The highest BCUT2D eigenvalue weighted by Crippen LogP contribution is 2.39. The molecule has 0 unspecified atom stereocenters. The second kappa shape index (κ2) is 8.76. The van der Waals surface area contributed by atoms with Crippen molar-refractivity contribution in [2.75, 3.05) is 14.2 Å². The lowest BCUT2D eigenvalue weighted by Gasteiger charge is -2.19. The highest BCUT2D eigenvalue weighted by molar-refractivity contribution is 9.08. The quantitative estimate of drug-likeness (QED) is 0.250. The molecule has 0 atom stereocenters. The molecule has 0 aliphatic rings. The lowest BCUT2D eigenvalue weighted by molar-refractivity contribution is 0.403. The van der Waals surface area contributed by atoms with Crippen molar-refractivity contribution in [2.24, 2.45) is 0 Å². The zero-order valence-electron chi connectivity index (χ0n) is 16.5. The maximum Gasteiger partial charge on any atom is 0.127 e. The summed E-state index contributed by atoms with van der Waals surface area (Å²) in [4.78, 5) is 0. The van der Waals surface area contributed by atoms with Crippen molar-refractivity contribution in [3.8, 4) is 11.5 Å². The highest BCUT2D eigenvalue weighted by atomic mass is 79.9. The molecule has 0 N–H and O–H groups in total. The molecule has 0 aromatic heterocycles. The fraction of sp³-hybridized carbons (Fsp3) is 0.200. The van der Waals surface area contributed by atoms with Crippen LogP contribution in [0.5, 0.6) is 11.5 Å². The van der Waals surface area contributed by atoms with Crippen LogP contribution in [0.3, 0.4) is 0 Å².